The van der Waals surface area contributed by atoms with E-state index in [-0.39, 0.29) is 5.57 Å². The number of anilines is 1. The number of carbonyl (C=O) groups excluding carboxylic acids is 1. The molecule has 0 bridgehead atoms. The highest BCUT2D eigenvalue weighted by molar-refractivity contribution is 6.30. The maximum Gasteiger partial charge on any atom is 0.266 e. The van der Waals surface area contributed by atoms with E-state index in [2.05, 4.69) is 10.5 Å². The second kappa shape index (κ2) is 8.74. The predicted molar refractivity (Wildman–Crippen MR) is 120 cm³/mol. The molecule has 0 saturated carbocycles. The Morgan fingerprint density at radius 1 is 1.16 bits per heavy atom. The van der Waals surface area contributed by atoms with Crippen molar-refractivity contribution in [1.82, 2.24) is 5.16 Å². The zero-order chi connectivity index (χ0) is 21.8. The van der Waals surface area contributed by atoms with E-state index in [9.17, 15) is 10.1 Å². The number of ether oxygens (including phenoxy) is 1. The molecule has 0 aliphatic heterocycles. The quantitative estimate of drug-likeness (QED) is 0.324. The number of halogens is 1. The summed E-state index contributed by atoms with van der Waals surface area (Å²) in [5.74, 6) is 0.674. The molecule has 0 unspecified atom stereocenters. The highest BCUT2D eigenvalue weighted by Crippen LogP contribution is 2.30. The Kier molecular flexibility index (Phi) is 5.69. The van der Waals surface area contributed by atoms with Crippen LogP contribution in [0, 0.1) is 11.3 Å². The third-order valence-corrected chi connectivity index (χ3v) is 4.86. The van der Waals surface area contributed by atoms with Gasteiger partial charge in [-0.15, -0.1) is 0 Å². The molecule has 0 saturated heterocycles. The number of carbonyl (C=O) groups is 1. The first-order chi connectivity index (χ1) is 15.1. The first kappa shape index (κ1) is 20.2. The molecule has 0 fully saturated rings. The smallest absolute Gasteiger partial charge is 0.266 e. The average molecular weight is 430 g/mol. The van der Waals surface area contributed by atoms with Gasteiger partial charge in [-0.05, 0) is 60.2 Å². The number of nitrogens with one attached hydrogen (secondary N) is 1. The van der Waals surface area contributed by atoms with Crippen molar-refractivity contribution in [2.75, 3.05) is 12.4 Å². The number of rotatable bonds is 5. The molecule has 1 amide bonds. The summed E-state index contributed by atoms with van der Waals surface area (Å²) in [6, 6.07) is 21.5. The SMILES string of the molecule is COc1cccc(NC(=O)/C(C#N)=C/c2ccc3noc(-c4ccc(Cl)cc4)c3c2)c1. The number of aromatic nitrogens is 1. The molecule has 1 aromatic heterocycles. The summed E-state index contributed by atoms with van der Waals surface area (Å²) in [5.41, 5.74) is 2.66. The third kappa shape index (κ3) is 4.42. The van der Waals surface area contributed by atoms with E-state index in [4.69, 9.17) is 20.9 Å². The van der Waals surface area contributed by atoms with Crippen LogP contribution in [0.5, 0.6) is 5.75 Å². The fourth-order valence-corrected chi connectivity index (χ4v) is 3.20. The number of fused-ring (bicyclic) bond motifs is 1. The van der Waals surface area contributed by atoms with Crippen LogP contribution < -0.4 is 10.1 Å². The van der Waals surface area contributed by atoms with Gasteiger partial charge >= 0.3 is 0 Å². The Bertz CT molecular complexity index is 1330. The summed E-state index contributed by atoms with van der Waals surface area (Å²) in [5, 5.41) is 17.7. The molecule has 1 heterocycles. The number of benzene rings is 3. The summed E-state index contributed by atoms with van der Waals surface area (Å²) < 4.78 is 10.7. The van der Waals surface area contributed by atoms with Gasteiger partial charge in [0.25, 0.3) is 5.91 Å². The van der Waals surface area contributed by atoms with Gasteiger partial charge in [0.2, 0.25) is 0 Å². The Labute approximate surface area is 183 Å². The Balaban J connectivity index is 1.65. The molecule has 3 aromatic carbocycles. The minimum absolute atomic E-state index is 0.0355. The van der Waals surface area contributed by atoms with Crippen LogP contribution in [-0.2, 0) is 4.79 Å². The van der Waals surface area contributed by atoms with Crippen molar-refractivity contribution in [3.8, 4) is 23.1 Å². The Hall–Kier alpha value is -4.08. The molecule has 0 atom stereocenters. The van der Waals surface area contributed by atoms with Crippen molar-refractivity contribution < 1.29 is 14.1 Å². The van der Waals surface area contributed by atoms with Crippen LogP contribution in [0.15, 0.2) is 76.8 Å². The van der Waals surface area contributed by atoms with Crippen LogP contribution in [0.2, 0.25) is 5.02 Å². The first-order valence-corrected chi connectivity index (χ1v) is 9.68. The molecule has 4 rings (SSSR count). The van der Waals surface area contributed by atoms with Crippen LogP contribution >= 0.6 is 11.6 Å². The first-order valence-electron chi connectivity index (χ1n) is 9.30. The van der Waals surface area contributed by atoms with Gasteiger partial charge in [-0.3, -0.25) is 4.79 Å². The molecule has 31 heavy (non-hydrogen) atoms. The van der Waals surface area contributed by atoms with E-state index in [0.717, 1.165) is 10.9 Å². The molecule has 0 aliphatic carbocycles. The number of hydrogen-bond acceptors (Lipinski definition) is 5. The van der Waals surface area contributed by atoms with Crippen molar-refractivity contribution in [2.45, 2.75) is 0 Å². The summed E-state index contributed by atoms with van der Waals surface area (Å²) in [6.07, 6.45) is 1.52. The van der Waals surface area contributed by atoms with Crippen LogP contribution in [0.25, 0.3) is 28.3 Å². The molecular formula is C24H16ClN3O3. The lowest BCUT2D eigenvalue weighted by molar-refractivity contribution is -0.112. The largest absolute Gasteiger partial charge is 0.497 e. The van der Waals surface area contributed by atoms with Gasteiger partial charge < -0.3 is 14.6 Å². The molecule has 1 N–H and O–H groups in total. The van der Waals surface area contributed by atoms with Gasteiger partial charge in [-0.25, -0.2) is 0 Å². The van der Waals surface area contributed by atoms with E-state index in [1.807, 2.05) is 24.3 Å². The molecular weight excluding hydrogens is 414 g/mol. The van der Waals surface area contributed by atoms with Gasteiger partial charge in [-0.2, -0.15) is 5.26 Å². The van der Waals surface area contributed by atoms with Gasteiger partial charge in [0.05, 0.1) is 12.5 Å². The maximum absolute atomic E-state index is 12.6. The second-order valence-electron chi connectivity index (χ2n) is 6.65. The zero-order valence-electron chi connectivity index (χ0n) is 16.4. The summed E-state index contributed by atoms with van der Waals surface area (Å²) in [7, 11) is 1.54. The van der Waals surface area contributed by atoms with E-state index >= 15 is 0 Å². The molecule has 4 aromatic rings. The number of nitrogens with zero attached hydrogens (tertiary/aromatic N) is 2. The standard InChI is InChI=1S/C24H16ClN3O3/c1-30-20-4-2-3-19(13-20)27-24(29)17(14-26)11-15-5-10-22-21(12-15)23(31-28-22)16-6-8-18(25)9-7-16/h2-13H,1H3,(H,27,29)/b17-11+. The van der Waals surface area contributed by atoms with Gasteiger partial charge in [0.15, 0.2) is 5.76 Å². The molecule has 7 heteroatoms. The fraction of sp³-hybridized carbons (Fsp3) is 0.0417. The van der Waals surface area contributed by atoms with E-state index in [1.54, 1.807) is 55.6 Å². The fourth-order valence-electron chi connectivity index (χ4n) is 3.07. The normalized spacial score (nSPS) is 11.2. The van der Waals surface area contributed by atoms with Crippen LogP contribution in [0.4, 0.5) is 5.69 Å². The molecule has 0 radical (unpaired) electrons. The monoisotopic (exact) mass is 429 g/mol. The highest BCUT2D eigenvalue weighted by atomic mass is 35.5. The van der Waals surface area contributed by atoms with Crippen molar-refractivity contribution in [1.29, 1.82) is 5.26 Å². The zero-order valence-corrected chi connectivity index (χ0v) is 17.2. The Morgan fingerprint density at radius 3 is 2.71 bits per heavy atom. The van der Waals surface area contributed by atoms with Gasteiger partial charge in [0.1, 0.15) is 22.9 Å². The molecule has 0 spiro atoms. The van der Waals surface area contributed by atoms with Crippen LogP contribution in [-0.4, -0.2) is 18.2 Å². The van der Waals surface area contributed by atoms with E-state index in [0.29, 0.717) is 33.3 Å². The van der Waals surface area contributed by atoms with Crippen molar-refractivity contribution >= 4 is 40.2 Å². The lowest BCUT2D eigenvalue weighted by Crippen LogP contribution is -2.13. The van der Waals surface area contributed by atoms with Crippen molar-refractivity contribution in [2.24, 2.45) is 0 Å². The highest BCUT2D eigenvalue weighted by Gasteiger charge is 2.13. The topological polar surface area (TPSA) is 88.1 Å². The number of amides is 1. The van der Waals surface area contributed by atoms with E-state index < -0.39 is 5.91 Å². The van der Waals surface area contributed by atoms with Crippen molar-refractivity contribution in [3.05, 3.63) is 82.9 Å². The number of methoxy groups -OCH3 is 1. The number of nitriles is 1. The lowest BCUT2D eigenvalue weighted by Gasteiger charge is -2.06. The third-order valence-electron chi connectivity index (χ3n) is 4.61. The summed E-state index contributed by atoms with van der Waals surface area (Å²) in [6.45, 7) is 0. The van der Waals surface area contributed by atoms with E-state index in [1.165, 1.54) is 6.08 Å². The lowest BCUT2D eigenvalue weighted by atomic mass is 10.0. The minimum atomic E-state index is -0.515. The average Bonchev–Trinajstić information content (AvgIpc) is 3.21. The predicted octanol–water partition coefficient (Wildman–Crippen LogP) is 5.70. The van der Waals surface area contributed by atoms with Gasteiger partial charge in [0, 0.05) is 22.3 Å². The number of hydrogen-bond donors (Lipinski definition) is 1. The minimum Gasteiger partial charge on any atom is -0.497 e. The van der Waals surface area contributed by atoms with Crippen molar-refractivity contribution in [3.63, 3.8) is 0 Å². The summed E-state index contributed by atoms with van der Waals surface area (Å²) in [4.78, 5) is 12.6. The maximum atomic E-state index is 12.6. The Morgan fingerprint density at radius 2 is 1.97 bits per heavy atom. The summed E-state index contributed by atoms with van der Waals surface area (Å²) >= 11 is 5.96. The molecule has 152 valence electrons. The van der Waals surface area contributed by atoms with Crippen LogP contribution in [0.1, 0.15) is 5.56 Å². The van der Waals surface area contributed by atoms with Gasteiger partial charge in [-0.1, -0.05) is 28.9 Å². The second-order valence-corrected chi connectivity index (χ2v) is 7.09. The van der Waals surface area contributed by atoms with Crippen LogP contribution in [0.3, 0.4) is 0 Å². The molecule has 0 aliphatic rings. The molecule has 6 nitrogen and oxygen atoms in total.